The molecule has 0 bridgehead atoms. The van der Waals surface area contributed by atoms with Crippen LogP contribution >= 0.6 is 0 Å². The number of benzene rings is 1. The second-order valence-corrected chi connectivity index (χ2v) is 6.65. The molecule has 0 aliphatic carbocycles. The van der Waals surface area contributed by atoms with Crippen molar-refractivity contribution in [2.24, 2.45) is 5.92 Å². The number of nitrogens with one attached hydrogen (secondary N) is 1. The number of likely N-dealkylation sites (N-methyl/N-ethyl adjacent to an activating group) is 2. The smallest absolute Gasteiger partial charge is 0.0475 e. The molecule has 4 unspecified atom stereocenters. The number of nitrogens with zero attached hydrogens (tertiary/aromatic N) is 2. The fourth-order valence-electron chi connectivity index (χ4n) is 3.65. The van der Waals surface area contributed by atoms with Gasteiger partial charge in [0.05, 0.1) is 0 Å². The van der Waals surface area contributed by atoms with Crippen LogP contribution in [0.2, 0.25) is 0 Å². The van der Waals surface area contributed by atoms with Gasteiger partial charge in [-0.25, -0.2) is 0 Å². The lowest BCUT2D eigenvalue weighted by Crippen LogP contribution is -2.43. The zero-order valence-electron chi connectivity index (χ0n) is 14.2. The molecule has 21 heavy (non-hydrogen) atoms. The van der Waals surface area contributed by atoms with Crippen LogP contribution in [-0.2, 0) is 0 Å². The van der Waals surface area contributed by atoms with Crippen molar-refractivity contribution in [2.45, 2.75) is 38.9 Å². The minimum absolute atomic E-state index is 0.407. The molecule has 1 N–H and O–H groups in total. The molecule has 1 aromatic carbocycles. The van der Waals surface area contributed by atoms with Gasteiger partial charge in [-0.15, -0.1) is 0 Å². The monoisotopic (exact) mass is 289 g/mol. The quantitative estimate of drug-likeness (QED) is 0.868. The summed E-state index contributed by atoms with van der Waals surface area (Å²) in [7, 11) is 4.41. The van der Waals surface area contributed by atoms with Crippen LogP contribution in [-0.4, -0.2) is 55.6 Å². The molecule has 0 spiro atoms. The Morgan fingerprint density at radius 1 is 1.24 bits per heavy atom. The van der Waals surface area contributed by atoms with E-state index in [2.05, 4.69) is 80.3 Å². The highest BCUT2D eigenvalue weighted by atomic mass is 15.3. The Morgan fingerprint density at radius 3 is 2.43 bits per heavy atom. The van der Waals surface area contributed by atoms with Gasteiger partial charge in [0.2, 0.25) is 0 Å². The molecule has 1 aromatic rings. The summed E-state index contributed by atoms with van der Waals surface area (Å²) >= 11 is 0. The summed E-state index contributed by atoms with van der Waals surface area (Å²) in [6, 6.07) is 12.5. The van der Waals surface area contributed by atoms with Crippen LogP contribution in [0.5, 0.6) is 0 Å². The van der Waals surface area contributed by atoms with E-state index in [9.17, 15) is 0 Å². The molecule has 1 heterocycles. The summed E-state index contributed by atoms with van der Waals surface area (Å²) in [6.07, 6.45) is 0. The van der Waals surface area contributed by atoms with E-state index in [0.717, 1.165) is 12.5 Å². The van der Waals surface area contributed by atoms with Gasteiger partial charge in [0.25, 0.3) is 0 Å². The van der Waals surface area contributed by atoms with Crippen LogP contribution in [0.15, 0.2) is 30.3 Å². The summed E-state index contributed by atoms with van der Waals surface area (Å²) in [5.41, 5.74) is 1.40. The third-order valence-electron chi connectivity index (χ3n) is 4.91. The second kappa shape index (κ2) is 7.39. The normalized spacial score (nSPS) is 26.2. The number of hydrogen-bond donors (Lipinski definition) is 1. The summed E-state index contributed by atoms with van der Waals surface area (Å²) in [5, 5.41) is 3.68. The van der Waals surface area contributed by atoms with Crippen LogP contribution in [0.25, 0.3) is 0 Å². The molecular weight excluding hydrogens is 258 g/mol. The van der Waals surface area contributed by atoms with Crippen LogP contribution in [0.3, 0.4) is 0 Å². The van der Waals surface area contributed by atoms with Gasteiger partial charge >= 0.3 is 0 Å². The maximum atomic E-state index is 3.68. The van der Waals surface area contributed by atoms with Gasteiger partial charge in [0, 0.05) is 31.2 Å². The fraction of sp³-hybridized carbons (Fsp3) is 0.667. The predicted octanol–water partition coefficient (Wildman–Crippen LogP) is 2.61. The number of rotatable bonds is 6. The third-order valence-corrected chi connectivity index (χ3v) is 4.91. The van der Waals surface area contributed by atoms with Crippen LogP contribution in [0, 0.1) is 5.92 Å². The molecule has 0 aromatic heterocycles. The van der Waals surface area contributed by atoms with E-state index in [-0.39, 0.29) is 0 Å². The standard InChI is InChI=1S/C18H31N3/c1-6-19-18(16-10-8-7-9-11-16)15(3)21-12-14(2)17(13-21)20(4)5/h7-11,14-15,17-19H,6,12-13H2,1-5H3. The zero-order valence-corrected chi connectivity index (χ0v) is 14.2. The molecule has 2 rings (SSSR count). The molecule has 0 amide bonds. The zero-order chi connectivity index (χ0) is 15.4. The Bertz CT molecular complexity index is 418. The van der Waals surface area contributed by atoms with Gasteiger partial charge < -0.3 is 10.2 Å². The molecule has 3 nitrogen and oxygen atoms in total. The van der Waals surface area contributed by atoms with Crippen molar-refractivity contribution in [3.8, 4) is 0 Å². The van der Waals surface area contributed by atoms with Crippen molar-refractivity contribution in [1.29, 1.82) is 0 Å². The van der Waals surface area contributed by atoms with E-state index in [0.29, 0.717) is 18.1 Å². The summed E-state index contributed by atoms with van der Waals surface area (Å²) in [4.78, 5) is 5.03. The number of hydrogen-bond acceptors (Lipinski definition) is 3. The van der Waals surface area contributed by atoms with Crippen LogP contribution in [0.1, 0.15) is 32.4 Å². The van der Waals surface area contributed by atoms with Gasteiger partial charge in [0.15, 0.2) is 0 Å². The van der Waals surface area contributed by atoms with E-state index in [1.54, 1.807) is 0 Å². The molecule has 118 valence electrons. The first-order valence-electron chi connectivity index (χ1n) is 8.23. The van der Waals surface area contributed by atoms with E-state index in [1.165, 1.54) is 18.7 Å². The van der Waals surface area contributed by atoms with Crippen molar-refractivity contribution >= 4 is 0 Å². The van der Waals surface area contributed by atoms with Gasteiger partial charge in [0.1, 0.15) is 0 Å². The molecule has 1 fully saturated rings. The third kappa shape index (κ3) is 3.85. The molecule has 1 aliphatic rings. The largest absolute Gasteiger partial charge is 0.309 e. The van der Waals surface area contributed by atoms with E-state index < -0.39 is 0 Å². The summed E-state index contributed by atoms with van der Waals surface area (Å²) < 4.78 is 0. The molecule has 1 saturated heterocycles. The van der Waals surface area contributed by atoms with Crippen molar-refractivity contribution in [3.63, 3.8) is 0 Å². The molecule has 1 aliphatic heterocycles. The highest BCUT2D eigenvalue weighted by molar-refractivity contribution is 5.20. The molecule has 4 atom stereocenters. The minimum atomic E-state index is 0.407. The van der Waals surface area contributed by atoms with E-state index in [4.69, 9.17) is 0 Å². The molecule has 3 heteroatoms. The Hall–Kier alpha value is -0.900. The highest BCUT2D eigenvalue weighted by Crippen LogP contribution is 2.28. The SMILES string of the molecule is CCNC(c1ccccc1)C(C)N1CC(C)C(N(C)C)C1. The van der Waals surface area contributed by atoms with Gasteiger partial charge in [-0.2, -0.15) is 0 Å². The molecule has 0 saturated carbocycles. The van der Waals surface area contributed by atoms with Crippen molar-refractivity contribution in [3.05, 3.63) is 35.9 Å². The molecular formula is C18H31N3. The highest BCUT2D eigenvalue weighted by Gasteiger charge is 2.35. The average Bonchev–Trinajstić information content (AvgIpc) is 2.87. The maximum Gasteiger partial charge on any atom is 0.0475 e. The first-order valence-corrected chi connectivity index (χ1v) is 8.23. The van der Waals surface area contributed by atoms with Gasteiger partial charge in [-0.1, -0.05) is 44.2 Å². The van der Waals surface area contributed by atoms with Crippen LogP contribution < -0.4 is 5.32 Å². The number of likely N-dealkylation sites (tertiary alicyclic amines) is 1. The minimum Gasteiger partial charge on any atom is -0.309 e. The lowest BCUT2D eigenvalue weighted by atomic mass is 9.99. The van der Waals surface area contributed by atoms with Gasteiger partial charge in [-0.3, -0.25) is 4.90 Å². The second-order valence-electron chi connectivity index (χ2n) is 6.65. The topological polar surface area (TPSA) is 18.5 Å². The summed E-state index contributed by atoms with van der Waals surface area (Å²) in [6.45, 7) is 10.3. The first-order chi connectivity index (χ1) is 10.0. The summed E-state index contributed by atoms with van der Waals surface area (Å²) in [5.74, 6) is 0.737. The lowest BCUT2D eigenvalue weighted by Gasteiger charge is -2.33. The van der Waals surface area contributed by atoms with Gasteiger partial charge in [-0.05, 0) is 39.0 Å². The Kier molecular flexibility index (Phi) is 5.80. The predicted molar refractivity (Wildman–Crippen MR) is 90.5 cm³/mol. The Balaban J connectivity index is 2.11. The van der Waals surface area contributed by atoms with Crippen LogP contribution in [0.4, 0.5) is 0 Å². The fourth-order valence-corrected chi connectivity index (χ4v) is 3.65. The van der Waals surface area contributed by atoms with E-state index in [1.807, 2.05) is 0 Å². The van der Waals surface area contributed by atoms with E-state index >= 15 is 0 Å². The Labute approximate surface area is 130 Å². The Morgan fingerprint density at radius 2 is 1.90 bits per heavy atom. The lowest BCUT2D eigenvalue weighted by molar-refractivity contribution is 0.189. The van der Waals surface area contributed by atoms with Crippen molar-refractivity contribution in [1.82, 2.24) is 15.1 Å². The maximum absolute atomic E-state index is 3.68. The molecule has 0 radical (unpaired) electrons. The van der Waals surface area contributed by atoms with Crippen molar-refractivity contribution < 1.29 is 0 Å². The van der Waals surface area contributed by atoms with Crippen molar-refractivity contribution in [2.75, 3.05) is 33.7 Å². The average molecular weight is 289 g/mol. The first kappa shape index (κ1) is 16.5.